The second-order valence-electron chi connectivity index (χ2n) is 4.90. The first-order valence-electron chi connectivity index (χ1n) is 6.19. The summed E-state index contributed by atoms with van der Waals surface area (Å²) in [5.41, 5.74) is 0. The number of thiophene rings is 1. The van der Waals surface area contributed by atoms with E-state index in [4.69, 9.17) is 0 Å². The molecule has 0 bridgehead atoms. The Morgan fingerprint density at radius 1 is 1.61 bits per heavy atom. The van der Waals surface area contributed by atoms with Crippen LogP contribution in [0.15, 0.2) is 17.5 Å². The molecular formula is C13H18N2O2S. The highest BCUT2D eigenvalue weighted by molar-refractivity contribution is 7.12. The number of hydrogen-bond acceptors (Lipinski definition) is 3. The molecule has 1 fully saturated rings. The first kappa shape index (κ1) is 13.1. The van der Waals surface area contributed by atoms with Gasteiger partial charge in [0.05, 0.1) is 4.88 Å². The summed E-state index contributed by atoms with van der Waals surface area (Å²) in [5, 5.41) is 4.78. The fourth-order valence-electron chi connectivity index (χ4n) is 2.18. The van der Waals surface area contributed by atoms with E-state index in [-0.39, 0.29) is 23.8 Å². The molecular weight excluding hydrogens is 248 g/mol. The lowest BCUT2D eigenvalue weighted by molar-refractivity contribution is -0.129. The highest BCUT2D eigenvalue weighted by atomic mass is 32.1. The van der Waals surface area contributed by atoms with Crippen LogP contribution in [0.1, 0.15) is 29.9 Å². The number of carbonyl (C=O) groups is 2. The van der Waals surface area contributed by atoms with Gasteiger partial charge in [-0.15, -0.1) is 11.3 Å². The van der Waals surface area contributed by atoms with Gasteiger partial charge in [-0.3, -0.25) is 9.59 Å². The molecule has 1 N–H and O–H groups in total. The normalized spacial score (nSPS) is 19.6. The Hall–Kier alpha value is -1.36. The average molecular weight is 266 g/mol. The van der Waals surface area contributed by atoms with Crippen LogP contribution in [0.5, 0.6) is 0 Å². The Balaban J connectivity index is 1.82. The van der Waals surface area contributed by atoms with Gasteiger partial charge in [0.15, 0.2) is 0 Å². The first-order valence-corrected chi connectivity index (χ1v) is 7.07. The predicted octanol–water partition coefficient (Wildman–Crippen LogP) is 1.73. The Morgan fingerprint density at radius 2 is 2.39 bits per heavy atom. The Bertz CT molecular complexity index is 428. The van der Waals surface area contributed by atoms with Gasteiger partial charge in [0.25, 0.3) is 5.91 Å². The van der Waals surface area contributed by atoms with E-state index in [2.05, 4.69) is 5.32 Å². The summed E-state index contributed by atoms with van der Waals surface area (Å²) in [4.78, 5) is 26.1. The number of amides is 2. The van der Waals surface area contributed by atoms with Gasteiger partial charge >= 0.3 is 0 Å². The molecule has 0 radical (unpaired) electrons. The van der Waals surface area contributed by atoms with Crippen molar-refractivity contribution in [2.45, 2.75) is 26.3 Å². The van der Waals surface area contributed by atoms with E-state index in [0.717, 1.165) is 11.4 Å². The Morgan fingerprint density at radius 3 is 2.94 bits per heavy atom. The predicted molar refractivity (Wildman–Crippen MR) is 71.6 cm³/mol. The number of likely N-dealkylation sites (tertiary alicyclic amines) is 1. The molecule has 98 valence electrons. The molecule has 2 rings (SSSR count). The van der Waals surface area contributed by atoms with Crippen LogP contribution >= 0.6 is 11.3 Å². The fraction of sp³-hybridized carbons (Fsp3) is 0.538. The molecule has 2 heterocycles. The number of nitrogens with one attached hydrogen (secondary N) is 1. The van der Waals surface area contributed by atoms with Crippen molar-refractivity contribution in [1.29, 1.82) is 0 Å². The van der Waals surface area contributed by atoms with E-state index in [9.17, 15) is 9.59 Å². The van der Waals surface area contributed by atoms with Crippen molar-refractivity contribution < 1.29 is 9.59 Å². The summed E-state index contributed by atoms with van der Waals surface area (Å²) >= 11 is 1.43. The maximum Gasteiger partial charge on any atom is 0.261 e. The molecule has 1 aliphatic heterocycles. The topological polar surface area (TPSA) is 49.4 Å². The molecule has 1 saturated heterocycles. The Kier molecular flexibility index (Phi) is 4.01. The van der Waals surface area contributed by atoms with Gasteiger partial charge in [-0.2, -0.15) is 0 Å². The highest BCUT2D eigenvalue weighted by Gasteiger charge is 2.31. The summed E-state index contributed by atoms with van der Waals surface area (Å²) in [6.07, 6.45) is 0.545. The zero-order valence-electron chi connectivity index (χ0n) is 10.7. The number of nitrogens with zero attached hydrogens (tertiary/aromatic N) is 1. The van der Waals surface area contributed by atoms with Gasteiger partial charge in [0.2, 0.25) is 5.91 Å². The van der Waals surface area contributed by atoms with Crippen LogP contribution in [0.25, 0.3) is 0 Å². The minimum absolute atomic E-state index is 0.0413. The van der Waals surface area contributed by atoms with Gasteiger partial charge in [0, 0.05) is 31.5 Å². The molecule has 0 saturated carbocycles. The standard InChI is InChI=1S/C13H18N2O2S/c1-9(2)15-8-10(6-12(15)16)7-14-13(17)11-4-3-5-18-11/h3-5,9-10H,6-8H2,1-2H3,(H,14,17). The molecule has 18 heavy (non-hydrogen) atoms. The average Bonchev–Trinajstić information content (AvgIpc) is 2.94. The molecule has 1 atom stereocenters. The lowest BCUT2D eigenvalue weighted by Crippen LogP contribution is -2.34. The van der Waals surface area contributed by atoms with Crippen LogP contribution < -0.4 is 5.32 Å². The van der Waals surface area contributed by atoms with Crippen LogP contribution in [-0.2, 0) is 4.79 Å². The van der Waals surface area contributed by atoms with Crippen molar-refractivity contribution in [2.24, 2.45) is 5.92 Å². The van der Waals surface area contributed by atoms with Crippen molar-refractivity contribution in [2.75, 3.05) is 13.1 Å². The maximum absolute atomic E-state index is 11.8. The SMILES string of the molecule is CC(C)N1CC(CNC(=O)c2cccs2)CC1=O. The third-order valence-corrected chi connectivity index (χ3v) is 4.03. The van der Waals surface area contributed by atoms with Crippen molar-refractivity contribution in [3.63, 3.8) is 0 Å². The monoisotopic (exact) mass is 266 g/mol. The summed E-state index contributed by atoms with van der Waals surface area (Å²) in [7, 11) is 0. The van der Waals surface area contributed by atoms with Crippen molar-refractivity contribution in [3.8, 4) is 0 Å². The minimum Gasteiger partial charge on any atom is -0.351 e. The van der Waals surface area contributed by atoms with Crippen LogP contribution in [0.4, 0.5) is 0 Å². The van der Waals surface area contributed by atoms with Gasteiger partial charge < -0.3 is 10.2 Å². The van der Waals surface area contributed by atoms with E-state index in [1.165, 1.54) is 11.3 Å². The van der Waals surface area contributed by atoms with Gasteiger partial charge in [-0.25, -0.2) is 0 Å². The van der Waals surface area contributed by atoms with Crippen LogP contribution in [-0.4, -0.2) is 35.8 Å². The molecule has 0 aromatic carbocycles. The second kappa shape index (κ2) is 5.52. The lowest BCUT2D eigenvalue weighted by atomic mass is 10.1. The summed E-state index contributed by atoms with van der Waals surface area (Å²) < 4.78 is 0. The highest BCUT2D eigenvalue weighted by Crippen LogP contribution is 2.19. The van der Waals surface area contributed by atoms with Crippen molar-refractivity contribution in [1.82, 2.24) is 10.2 Å². The summed E-state index contributed by atoms with van der Waals surface area (Å²) in [5.74, 6) is 0.393. The number of carbonyl (C=O) groups excluding carboxylic acids is 2. The third kappa shape index (κ3) is 2.90. The van der Waals surface area contributed by atoms with Crippen LogP contribution in [0.2, 0.25) is 0 Å². The second-order valence-corrected chi connectivity index (χ2v) is 5.85. The van der Waals surface area contributed by atoms with Crippen LogP contribution in [0, 0.1) is 5.92 Å². The Labute approximate surface area is 111 Å². The van der Waals surface area contributed by atoms with Crippen molar-refractivity contribution >= 4 is 23.2 Å². The van der Waals surface area contributed by atoms with Crippen LogP contribution in [0.3, 0.4) is 0 Å². The minimum atomic E-state index is -0.0413. The zero-order chi connectivity index (χ0) is 13.1. The molecule has 1 aromatic heterocycles. The first-order chi connectivity index (χ1) is 8.58. The molecule has 0 aliphatic carbocycles. The number of hydrogen-bond donors (Lipinski definition) is 1. The maximum atomic E-state index is 11.8. The molecule has 0 spiro atoms. The van der Waals surface area contributed by atoms with E-state index in [1.807, 2.05) is 30.2 Å². The van der Waals surface area contributed by atoms with E-state index in [1.54, 1.807) is 6.07 Å². The molecule has 2 amide bonds. The smallest absolute Gasteiger partial charge is 0.261 e. The number of rotatable bonds is 4. The van der Waals surface area contributed by atoms with Gasteiger partial charge in [-0.05, 0) is 25.3 Å². The van der Waals surface area contributed by atoms with E-state index < -0.39 is 0 Å². The zero-order valence-corrected chi connectivity index (χ0v) is 11.5. The molecule has 1 unspecified atom stereocenters. The summed E-state index contributed by atoms with van der Waals surface area (Å²) in [6, 6.07) is 3.91. The van der Waals surface area contributed by atoms with Crippen molar-refractivity contribution in [3.05, 3.63) is 22.4 Å². The summed E-state index contributed by atoms with van der Waals surface area (Å²) in [6.45, 7) is 5.36. The largest absolute Gasteiger partial charge is 0.351 e. The molecule has 4 nitrogen and oxygen atoms in total. The molecule has 1 aliphatic rings. The fourth-order valence-corrected chi connectivity index (χ4v) is 2.82. The lowest BCUT2D eigenvalue weighted by Gasteiger charge is -2.21. The molecule has 1 aromatic rings. The van der Waals surface area contributed by atoms with Gasteiger partial charge in [0.1, 0.15) is 0 Å². The molecule has 5 heteroatoms. The van der Waals surface area contributed by atoms with E-state index >= 15 is 0 Å². The third-order valence-electron chi connectivity index (χ3n) is 3.16. The van der Waals surface area contributed by atoms with E-state index in [0.29, 0.717) is 13.0 Å². The quantitative estimate of drug-likeness (QED) is 0.902. The van der Waals surface area contributed by atoms with Gasteiger partial charge in [-0.1, -0.05) is 6.07 Å².